The molecule has 7 heteroatoms. The Morgan fingerprint density at radius 2 is 1.96 bits per heavy atom. The topological polar surface area (TPSA) is 92.7 Å². The Balaban J connectivity index is 2.03. The molecule has 0 amide bonds. The quantitative estimate of drug-likeness (QED) is 0.747. The Bertz CT molecular complexity index is 635. The Morgan fingerprint density at radius 3 is 2.48 bits per heavy atom. The summed E-state index contributed by atoms with van der Waals surface area (Å²) in [5.74, 6) is -1.02. The number of ether oxygens (including phenoxy) is 1. The highest BCUT2D eigenvalue weighted by molar-refractivity contribution is 7.90. The zero-order valence-electron chi connectivity index (χ0n) is 13.4. The number of aryl methyl sites for hydroxylation is 1. The molecule has 1 aliphatic rings. The van der Waals surface area contributed by atoms with Gasteiger partial charge in [0.1, 0.15) is 0 Å². The van der Waals surface area contributed by atoms with Crippen LogP contribution in [0.25, 0.3) is 0 Å². The fourth-order valence-corrected chi connectivity index (χ4v) is 4.43. The lowest BCUT2D eigenvalue weighted by molar-refractivity contribution is -0.137. The van der Waals surface area contributed by atoms with Crippen LogP contribution < -0.4 is 4.72 Å². The van der Waals surface area contributed by atoms with E-state index in [4.69, 9.17) is 9.84 Å². The second kappa shape index (κ2) is 7.42. The van der Waals surface area contributed by atoms with Gasteiger partial charge in [0.15, 0.2) is 0 Å². The molecule has 2 N–H and O–H groups in total. The van der Waals surface area contributed by atoms with Crippen molar-refractivity contribution in [2.45, 2.75) is 50.0 Å². The van der Waals surface area contributed by atoms with Crippen molar-refractivity contribution in [2.75, 3.05) is 7.11 Å². The van der Waals surface area contributed by atoms with Gasteiger partial charge < -0.3 is 9.84 Å². The summed E-state index contributed by atoms with van der Waals surface area (Å²) >= 11 is 0. The van der Waals surface area contributed by atoms with Crippen LogP contribution >= 0.6 is 0 Å². The minimum Gasteiger partial charge on any atom is -0.481 e. The highest BCUT2D eigenvalue weighted by atomic mass is 32.2. The number of sulfonamides is 1. The molecule has 0 radical (unpaired) electrons. The Kier molecular flexibility index (Phi) is 5.78. The van der Waals surface area contributed by atoms with Crippen molar-refractivity contribution in [1.82, 2.24) is 4.72 Å². The monoisotopic (exact) mass is 341 g/mol. The van der Waals surface area contributed by atoms with E-state index in [1.54, 1.807) is 7.11 Å². The van der Waals surface area contributed by atoms with Crippen LogP contribution in [0.4, 0.5) is 0 Å². The van der Waals surface area contributed by atoms with Gasteiger partial charge >= 0.3 is 5.97 Å². The summed E-state index contributed by atoms with van der Waals surface area (Å²) in [6, 6.07) is 6.99. The molecule has 1 atom stereocenters. The molecule has 128 valence electrons. The third-order valence-electron chi connectivity index (χ3n) is 4.18. The molecular weight excluding hydrogens is 318 g/mol. The second-order valence-electron chi connectivity index (χ2n) is 6.10. The number of methoxy groups -OCH3 is 1. The van der Waals surface area contributed by atoms with Gasteiger partial charge in [-0.2, -0.15) is 0 Å². The van der Waals surface area contributed by atoms with Gasteiger partial charge in [-0.1, -0.05) is 29.8 Å². The molecule has 23 heavy (non-hydrogen) atoms. The van der Waals surface area contributed by atoms with E-state index in [-0.39, 0.29) is 12.5 Å². The lowest BCUT2D eigenvalue weighted by atomic mass is 9.95. The summed E-state index contributed by atoms with van der Waals surface area (Å²) in [7, 11) is -1.97. The molecule has 1 aliphatic carbocycles. The molecular formula is C16H23NO5S. The number of benzene rings is 1. The Labute approximate surface area is 136 Å². The fraction of sp³-hybridized carbons (Fsp3) is 0.562. The van der Waals surface area contributed by atoms with Gasteiger partial charge in [0.05, 0.1) is 17.8 Å². The highest BCUT2D eigenvalue weighted by Gasteiger charge is 2.40. The number of carbonyl (C=O) groups is 1. The predicted octanol–water partition coefficient (Wildman–Crippen LogP) is 1.48. The predicted molar refractivity (Wildman–Crippen MR) is 86.8 cm³/mol. The molecule has 0 unspecified atom stereocenters. The average Bonchev–Trinajstić information content (AvgIpc) is 2.38. The SMILES string of the molecule is COC1CC(S(=O)(=O)N[C@@H](CC(=O)O)Cc2ccc(C)cc2)C1. The van der Waals surface area contributed by atoms with Gasteiger partial charge in [-0.05, 0) is 31.7 Å². The van der Waals surface area contributed by atoms with Crippen LogP contribution in [-0.4, -0.2) is 44.0 Å². The number of aliphatic carboxylic acids is 1. The summed E-state index contributed by atoms with van der Waals surface area (Å²) in [4.78, 5) is 11.0. The van der Waals surface area contributed by atoms with Gasteiger partial charge in [-0.3, -0.25) is 4.79 Å². The van der Waals surface area contributed by atoms with E-state index in [0.717, 1.165) is 11.1 Å². The number of rotatable bonds is 8. The molecule has 0 heterocycles. The molecule has 1 saturated carbocycles. The van der Waals surface area contributed by atoms with Crippen LogP contribution in [0.2, 0.25) is 0 Å². The first-order valence-corrected chi connectivity index (χ1v) is 9.16. The number of hydrogen-bond donors (Lipinski definition) is 2. The number of hydrogen-bond acceptors (Lipinski definition) is 4. The van der Waals surface area contributed by atoms with E-state index < -0.39 is 27.3 Å². The fourth-order valence-electron chi connectivity index (χ4n) is 2.67. The van der Waals surface area contributed by atoms with Crippen LogP contribution in [0.5, 0.6) is 0 Å². The van der Waals surface area contributed by atoms with Crippen LogP contribution in [0.1, 0.15) is 30.4 Å². The molecule has 0 saturated heterocycles. The smallest absolute Gasteiger partial charge is 0.304 e. The van der Waals surface area contributed by atoms with Gasteiger partial charge in [0.25, 0.3) is 0 Å². The van der Waals surface area contributed by atoms with Crippen LogP contribution in [0.15, 0.2) is 24.3 Å². The van der Waals surface area contributed by atoms with Gasteiger partial charge in [0.2, 0.25) is 10.0 Å². The van der Waals surface area contributed by atoms with Crippen molar-refractivity contribution in [3.8, 4) is 0 Å². The molecule has 0 spiro atoms. The van der Waals surface area contributed by atoms with Crippen LogP contribution in [-0.2, 0) is 26.0 Å². The first-order valence-electron chi connectivity index (χ1n) is 7.61. The minimum atomic E-state index is -3.53. The molecule has 0 aliphatic heterocycles. The maximum atomic E-state index is 12.4. The summed E-state index contributed by atoms with van der Waals surface area (Å²) in [5.41, 5.74) is 2.01. The molecule has 2 rings (SSSR count). The van der Waals surface area contributed by atoms with Crippen LogP contribution in [0, 0.1) is 6.92 Å². The average molecular weight is 341 g/mol. The van der Waals surface area contributed by atoms with E-state index in [2.05, 4.69) is 4.72 Å². The Hall–Kier alpha value is -1.44. The Morgan fingerprint density at radius 1 is 1.35 bits per heavy atom. The van der Waals surface area contributed by atoms with Crippen molar-refractivity contribution in [1.29, 1.82) is 0 Å². The first kappa shape index (κ1) is 17.9. The molecule has 6 nitrogen and oxygen atoms in total. The normalized spacial score (nSPS) is 22.3. The zero-order valence-corrected chi connectivity index (χ0v) is 14.2. The van der Waals surface area contributed by atoms with Gasteiger partial charge in [0, 0.05) is 13.2 Å². The van der Waals surface area contributed by atoms with Crippen molar-refractivity contribution in [3.05, 3.63) is 35.4 Å². The summed E-state index contributed by atoms with van der Waals surface area (Å²) in [6.45, 7) is 1.96. The van der Waals surface area contributed by atoms with E-state index in [0.29, 0.717) is 19.3 Å². The number of nitrogens with one attached hydrogen (secondary N) is 1. The first-order chi connectivity index (χ1) is 10.8. The van der Waals surface area contributed by atoms with E-state index >= 15 is 0 Å². The molecule has 0 bridgehead atoms. The van der Waals surface area contributed by atoms with E-state index in [1.807, 2.05) is 31.2 Å². The number of carboxylic acids is 1. The summed E-state index contributed by atoms with van der Waals surface area (Å²) in [6.07, 6.45) is 0.998. The van der Waals surface area contributed by atoms with Crippen molar-refractivity contribution >= 4 is 16.0 Å². The molecule has 1 aromatic rings. The zero-order chi connectivity index (χ0) is 17.0. The maximum Gasteiger partial charge on any atom is 0.304 e. The summed E-state index contributed by atoms with van der Waals surface area (Å²) < 4.78 is 32.4. The van der Waals surface area contributed by atoms with Gasteiger partial charge in [-0.15, -0.1) is 0 Å². The highest BCUT2D eigenvalue weighted by Crippen LogP contribution is 2.29. The van der Waals surface area contributed by atoms with Crippen LogP contribution in [0.3, 0.4) is 0 Å². The van der Waals surface area contributed by atoms with E-state index in [1.165, 1.54) is 0 Å². The molecule has 1 fully saturated rings. The third-order valence-corrected chi connectivity index (χ3v) is 6.10. The largest absolute Gasteiger partial charge is 0.481 e. The van der Waals surface area contributed by atoms with Crippen molar-refractivity contribution in [3.63, 3.8) is 0 Å². The van der Waals surface area contributed by atoms with Crippen molar-refractivity contribution in [2.24, 2.45) is 0 Å². The minimum absolute atomic E-state index is 0.0217. The van der Waals surface area contributed by atoms with E-state index in [9.17, 15) is 13.2 Å². The lowest BCUT2D eigenvalue weighted by Crippen LogP contribution is -2.49. The second-order valence-corrected chi connectivity index (χ2v) is 8.09. The number of carboxylic acid groups (broad SMARTS) is 1. The summed E-state index contributed by atoms with van der Waals surface area (Å²) in [5, 5.41) is 8.54. The van der Waals surface area contributed by atoms with Gasteiger partial charge in [-0.25, -0.2) is 13.1 Å². The molecule has 1 aromatic carbocycles. The standard InChI is InChI=1S/C16H23NO5S/c1-11-3-5-12(6-4-11)7-13(8-16(18)19)17-23(20,21)15-9-14(10-15)22-2/h3-6,13-15,17H,7-10H2,1-2H3,(H,18,19)/t13-,14?,15?/m1/s1. The third kappa shape index (κ3) is 5.02. The molecule has 0 aromatic heterocycles. The van der Waals surface area contributed by atoms with Crippen molar-refractivity contribution < 1.29 is 23.1 Å². The maximum absolute atomic E-state index is 12.4. The lowest BCUT2D eigenvalue weighted by Gasteiger charge is -2.34.